The first-order valence-corrected chi connectivity index (χ1v) is 9.72. The normalized spacial score (nSPS) is 17.4. The number of carbonyl (C=O) groups excluding carboxylic acids is 2. The molecule has 1 atom stereocenters. The van der Waals surface area contributed by atoms with Crippen LogP contribution in [0.3, 0.4) is 0 Å². The highest BCUT2D eigenvalue weighted by atomic mass is 32.2. The van der Waals surface area contributed by atoms with Gasteiger partial charge in [-0.05, 0) is 63.2 Å². The van der Waals surface area contributed by atoms with Crippen LogP contribution in [-0.2, 0) is 16.0 Å². The molecule has 1 aromatic rings. The maximum Gasteiger partial charge on any atom is 0.237 e. The number of rotatable bonds is 7. The monoisotopic (exact) mass is 349 g/mol. The summed E-state index contributed by atoms with van der Waals surface area (Å²) < 4.78 is 0. The molecule has 0 aromatic heterocycles. The molecule has 0 radical (unpaired) electrons. The Hall–Kier alpha value is -1.53. The van der Waals surface area contributed by atoms with E-state index < -0.39 is 0 Å². The lowest BCUT2D eigenvalue weighted by Gasteiger charge is -2.30. The van der Waals surface area contributed by atoms with Gasteiger partial charge in [0.05, 0.1) is 5.25 Å². The van der Waals surface area contributed by atoms with Gasteiger partial charge in [-0.2, -0.15) is 11.8 Å². The summed E-state index contributed by atoms with van der Waals surface area (Å²) in [4.78, 5) is 25.4. The second kappa shape index (κ2) is 9.08. The minimum absolute atomic E-state index is 0.0348. The highest BCUT2D eigenvalue weighted by molar-refractivity contribution is 7.99. The zero-order valence-electron chi connectivity index (χ0n) is 14.5. The molecule has 1 fully saturated rings. The Bertz CT molecular complexity index is 554. The molecule has 2 rings (SSSR count). The first-order valence-electron chi connectivity index (χ1n) is 8.44. The van der Waals surface area contributed by atoms with E-state index in [0.29, 0.717) is 0 Å². The lowest BCUT2D eigenvalue weighted by molar-refractivity contribution is -0.123. The Morgan fingerprint density at radius 2 is 1.92 bits per heavy atom. The first-order chi connectivity index (χ1) is 11.5. The highest BCUT2D eigenvalue weighted by Gasteiger charge is 2.22. The molecular formula is C18H27N3O2S. The number of hydrogen-bond donors (Lipinski definition) is 2. The summed E-state index contributed by atoms with van der Waals surface area (Å²) in [5, 5.41) is 2.88. The van der Waals surface area contributed by atoms with E-state index in [1.165, 1.54) is 17.3 Å². The number of hydrogen-bond acceptors (Lipinski definition) is 4. The van der Waals surface area contributed by atoms with E-state index in [1.807, 2.05) is 25.3 Å². The van der Waals surface area contributed by atoms with Crippen molar-refractivity contribution in [3.63, 3.8) is 0 Å². The molecule has 2 amide bonds. The van der Waals surface area contributed by atoms with Crippen molar-refractivity contribution >= 4 is 29.3 Å². The van der Waals surface area contributed by atoms with Gasteiger partial charge in [0.15, 0.2) is 0 Å². The van der Waals surface area contributed by atoms with Gasteiger partial charge in [-0.15, -0.1) is 0 Å². The number of nitrogens with zero attached hydrogens (tertiary/aromatic N) is 1. The maximum atomic E-state index is 11.9. The highest BCUT2D eigenvalue weighted by Crippen LogP contribution is 2.18. The van der Waals surface area contributed by atoms with Crippen molar-refractivity contribution in [3.05, 3.63) is 29.8 Å². The molecule has 1 aliphatic heterocycles. The van der Waals surface area contributed by atoms with Crippen LogP contribution >= 0.6 is 11.8 Å². The van der Waals surface area contributed by atoms with Gasteiger partial charge in [-0.3, -0.25) is 9.59 Å². The van der Waals surface area contributed by atoms with Gasteiger partial charge in [0.2, 0.25) is 11.8 Å². The number of nitrogens with one attached hydrogen (secondary N) is 1. The summed E-state index contributed by atoms with van der Waals surface area (Å²) in [5.41, 5.74) is 7.46. The first kappa shape index (κ1) is 18.8. The van der Waals surface area contributed by atoms with Crippen molar-refractivity contribution in [1.82, 2.24) is 4.90 Å². The van der Waals surface area contributed by atoms with Crippen molar-refractivity contribution in [2.75, 3.05) is 31.2 Å². The molecule has 132 valence electrons. The third-order valence-corrected chi connectivity index (χ3v) is 5.57. The Morgan fingerprint density at radius 1 is 1.29 bits per heavy atom. The van der Waals surface area contributed by atoms with E-state index in [9.17, 15) is 9.59 Å². The van der Waals surface area contributed by atoms with Crippen molar-refractivity contribution in [2.24, 2.45) is 11.7 Å². The summed E-state index contributed by atoms with van der Waals surface area (Å²) in [5.74, 6) is -0.0801. The number of primary amides is 1. The fourth-order valence-corrected chi connectivity index (χ4v) is 3.11. The minimum atomic E-state index is -0.164. The van der Waals surface area contributed by atoms with Crippen LogP contribution in [0.1, 0.15) is 25.3 Å². The summed E-state index contributed by atoms with van der Waals surface area (Å²) in [7, 11) is 0. The van der Waals surface area contributed by atoms with Crippen LogP contribution in [-0.4, -0.2) is 47.9 Å². The standard InChI is InChI=1S/C18H27N3O2S/c1-13(24-2)18(23)20-16-5-3-14(4-6-16)7-10-21-11-8-15(9-12-21)17(19)22/h3-6,13,15H,7-12H2,1-2H3,(H2,19,22)(H,20,23)/t13-/m0/s1. The van der Waals surface area contributed by atoms with Crippen LogP contribution in [0.15, 0.2) is 24.3 Å². The third-order valence-electron chi connectivity index (χ3n) is 4.65. The van der Waals surface area contributed by atoms with Crippen LogP contribution in [0, 0.1) is 5.92 Å². The van der Waals surface area contributed by atoms with Gasteiger partial charge in [0, 0.05) is 18.2 Å². The molecule has 0 aliphatic carbocycles. The van der Waals surface area contributed by atoms with E-state index in [2.05, 4.69) is 22.3 Å². The largest absolute Gasteiger partial charge is 0.369 e. The van der Waals surface area contributed by atoms with E-state index >= 15 is 0 Å². The van der Waals surface area contributed by atoms with Gasteiger partial charge < -0.3 is 16.0 Å². The van der Waals surface area contributed by atoms with E-state index in [1.54, 1.807) is 0 Å². The third kappa shape index (κ3) is 5.53. The van der Waals surface area contributed by atoms with Gasteiger partial charge in [-0.1, -0.05) is 12.1 Å². The summed E-state index contributed by atoms with van der Waals surface area (Å²) in [6, 6.07) is 8.05. The van der Waals surface area contributed by atoms with Crippen LogP contribution in [0.2, 0.25) is 0 Å². The Morgan fingerprint density at radius 3 is 2.46 bits per heavy atom. The van der Waals surface area contributed by atoms with Crippen molar-refractivity contribution in [2.45, 2.75) is 31.4 Å². The summed E-state index contributed by atoms with van der Waals surface area (Å²) >= 11 is 1.53. The zero-order valence-corrected chi connectivity index (χ0v) is 15.3. The molecule has 0 unspecified atom stereocenters. The Labute approximate surface area is 148 Å². The molecule has 1 aliphatic rings. The number of benzene rings is 1. The van der Waals surface area contributed by atoms with Crippen molar-refractivity contribution < 1.29 is 9.59 Å². The van der Waals surface area contributed by atoms with Crippen LogP contribution < -0.4 is 11.1 Å². The van der Waals surface area contributed by atoms with Gasteiger partial charge in [0.25, 0.3) is 0 Å². The van der Waals surface area contributed by atoms with Crippen LogP contribution in [0.4, 0.5) is 5.69 Å². The van der Waals surface area contributed by atoms with Crippen LogP contribution in [0.25, 0.3) is 0 Å². The fourth-order valence-electron chi connectivity index (χ4n) is 2.83. The van der Waals surface area contributed by atoms with Crippen molar-refractivity contribution in [1.29, 1.82) is 0 Å². The van der Waals surface area contributed by atoms with Gasteiger partial charge in [-0.25, -0.2) is 0 Å². The number of piperidine rings is 1. The number of thioether (sulfide) groups is 1. The lowest BCUT2D eigenvalue weighted by Crippen LogP contribution is -2.39. The fraction of sp³-hybridized carbons (Fsp3) is 0.556. The Balaban J connectivity index is 1.76. The maximum absolute atomic E-state index is 11.9. The number of amides is 2. The number of anilines is 1. The average molecular weight is 350 g/mol. The lowest BCUT2D eigenvalue weighted by atomic mass is 9.96. The SMILES string of the molecule is CS[C@@H](C)C(=O)Nc1ccc(CCN2CCC(C(N)=O)CC2)cc1. The minimum Gasteiger partial charge on any atom is -0.369 e. The smallest absolute Gasteiger partial charge is 0.237 e. The van der Waals surface area contributed by atoms with E-state index in [4.69, 9.17) is 5.73 Å². The summed E-state index contributed by atoms with van der Waals surface area (Å²) in [6.07, 6.45) is 4.64. The molecule has 3 N–H and O–H groups in total. The average Bonchev–Trinajstić information content (AvgIpc) is 2.60. The second-order valence-corrected chi connectivity index (χ2v) is 7.51. The molecule has 1 aromatic carbocycles. The summed E-state index contributed by atoms with van der Waals surface area (Å²) in [6.45, 7) is 4.76. The number of nitrogens with two attached hydrogens (primary N) is 1. The topological polar surface area (TPSA) is 75.4 Å². The molecule has 0 saturated carbocycles. The van der Waals surface area contributed by atoms with E-state index in [0.717, 1.165) is 44.6 Å². The molecule has 5 nitrogen and oxygen atoms in total. The zero-order chi connectivity index (χ0) is 17.5. The quantitative estimate of drug-likeness (QED) is 0.791. The number of likely N-dealkylation sites (tertiary alicyclic amines) is 1. The van der Waals surface area contributed by atoms with E-state index in [-0.39, 0.29) is 23.0 Å². The molecule has 0 bridgehead atoms. The molecule has 24 heavy (non-hydrogen) atoms. The second-order valence-electron chi connectivity index (χ2n) is 6.33. The molecular weight excluding hydrogens is 322 g/mol. The molecule has 6 heteroatoms. The predicted molar refractivity (Wildman–Crippen MR) is 100 cm³/mol. The molecule has 1 saturated heterocycles. The number of carbonyl (C=O) groups is 2. The van der Waals surface area contributed by atoms with Gasteiger partial charge in [0.1, 0.15) is 0 Å². The van der Waals surface area contributed by atoms with Crippen molar-refractivity contribution in [3.8, 4) is 0 Å². The van der Waals surface area contributed by atoms with Gasteiger partial charge >= 0.3 is 0 Å². The molecule has 0 spiro atoms. The predicted octanol–water partition coefficient (Wildman–Crippen LogP) is 2.12. The van der Waals surface area contributed by atoms with Crippen LogP contribution in [0.5, 0.6) is 0 Å². The Kier molecular flexibility index (Phi) is 7.12. The molecule has 1 heterocycles.